The molecule has 3 aromatic rings. The molecule has 0 aromatic heterocycles. The number of anilines is 1. The summed E-state index contributed by atoms with van der Waals surface area (Å²) < 4.78 is 13.9. The molecule has 0 aliphatic rings. The van der Waals surface area contributed by atoms with Crippen molar-refractivity contribution in [3.8, 4) is 11.5 Å². The Kier molecular flexibility index (Phi) is 7.18. The van der Waals surface area contributed by atoms with Crippen LogP contribution in [0.1, 0.15) is 18.1 Å². The van der Waals surface area contributed by atoms with Crippen LogP contribution in [0.5, 0.6) is 11.5 Å². The molecule has 3 aromatic carbocycles. The third kappa shape index (κ3) is 5.75. The van der Waals surface area contributed by atoms with Crippen LogP contribution in [0.2, 0.25) is 0 Å². The fraction of sp³-hybridized carbons (Fsp3) is 0.182. The second-order valence-electron chi connectivity index (χ2n) is 5.96. The van der Waals surface area contributed by atoms with E-state index in [1.54, 1.807) is 0 Å². The Bertz CT molecular complexity index is 867. The van der Waals surface area contributed by atoms with E-state index in [1.807, 2.05) is 73.7 Å². The van der Waals surface area contributed by atoms with E-state index < -0.39 is 0 Å². The predicted molar refractivity (Wildman–Crippen MR) is 118 cm³/mol. The highest BCUT2D eigenvalue weighted by Gasteiger charge is 2.11. The summed E-state index contributed by atoms with van der Waals surface area (Å²) >= 11 is 7.11. The van der Waals surface area contributed by atoms with Gasteiger partial charge < -0.3 is 14.8 Å². The first-order valence-corrected chi connectivity index (χ1v) is 10.4. The first kappa shape index (κ1) is 19.8. The lowest BCUT2D eigenvalue weighted by molar-refractivity contribution is 0.269. The minimum Gasteiger partial charge on any atom is -0.490 e. The summed E-state index contributed by atoms with van der Waals surface area (Å²) in [6.07, 6.45) is 0. The van der Waals surface area contributed by atoms with Gasteiger partial charge in [-0.1, -0.05) is 62.2 Å². The SMILES string of the molecule is CCOc1cc(CNc2ccc(Br)cc2)c(Br)cc1OCc1ccccc1. The second kappa shape index (κ2) is 9.81. The van der Waals surface area contributed by atoms with Crippen LogP contribution < -0.4 is 14.8 Å². The zero-order chi connectivity index (χ0) is 19.1. The first-order chi connectivity index (χ1) is 13.2. The molecule has 3 rings (SSSR count). The number of nitrogens with one attached hydrogen (secondary N) is 1. The molecular weight excluding hydrogens is 470 g/mol. The molecule has 0 saturated carbocycles. The molecule has 1 N–H and O–H groups in total. The molecule has 0 atom stereocenters. The number of halogens is 2. The summed E-state index contributed by atoms with van der Waals surface area (Å²) in [5, 5.41) is 3.43. The lowest BCUT2D eigenvalue weighted by Gasteiger charge is -2.16. The Morgan fingerprint density at radius 2 is 1.56 bits per heavy atom. The van der Waals surface area contributed by atoms with Crippen LogP contribution in [-0.2, 0) is 13.2 Å². The van der Waals surface area contributed by atoms with E-state index in [0.29, 0.717) is 19.8 Å². The van der Waals surface area contributed by atoms with Crippen molar-refractivity contribution in [1.82, 2.24) is 0 Å². The van der Waals surface area contributed by atoms with Crippen molar-refractivity contribution in [1.29, 1.82) is 0 Å². The fourth-order valence-corrected chi connectivity index (χ4v) is 3.32. The molecule has 0 spiro atoms. The summed E-state index contributed by atoms with van der Waals surface area (Å²) in [4.78, 5) is 0. The third-order valence-corrected chi connectivity index (χ3v) is 5.24. The average Bonchev–Trinajstić information content (AvgIpc) is 2.69. The van der Waals surface area contributed by atoms with E-state index in [-0.39, 0.29) is 0 Å². The summed E-state index contributed by atoms with van der Waals surface area (Å²) in [6.45, 7) is 3.75. The monoisotopic (exact) mass is 489 g/mol. The number of rotatable bonds is 8. The van der Waals surface area contributed by atoms with Gasteiger partial charge in [-0.25, -0.2) is 0 Å². The van der Waals surface area contributed by atoms with E-state index in [2.05, 4.69) is 37.2 Å². The Morgan fingerprint density at radius 1 is 0.852 bits per heavy atom. The molecule has 0 heterocycles. The van der Waals surface area contributed by atoms with E-state index in [9.17, 15) is 0 Å². The number of ether oxygens (including phenoxy) is 2. The van der Waals surface area contributed by atoms with Gasteiger partial charge >= 0.3 is 0 Å². The molecular formula is C22H21Br2NO2. The van der Waals surface area contributed by atoms with E-state index >= 15 is 0 Å². The van der Waals surface area contributed by atoms with Crippen LogP contribution in [0.4, 0.5) is 5.69 Å². The molecule has 0 bridgehead atoms. The van der Waals surface area contributed by atoms with Crippen molar-refractivity contribution in [3.63, 3.8) is 0 Å². The van der Waals surface area contributed by atoms with Gasteiger partial charge in [0.25, 0.3) is 0 Å². The predicted octanol–water partition coefficient (Wildman–Crippen LogP) is 6.80. The summed E-state index contributed by atoms with van der Waals surface area (Å²) in [5.74, 6) is 1.49. The van der Waals surface area contributed by atoms with Crippen LogP contribution in [0, 0.1) is 0 Å². The molecule has 0 fully saturated rings. The summed E-state index contributed by atoms with van der Waals surface area (Å²) in [7, 11) is 0. The van der Waals surface area contributed by atoms with Crippen LogP contribution >= 0.6 is 31.9 Å². The smallest absolute Gasteiger partial charge is 0.162 e. The number of hydrogen-bond acceptors (Lipinski definition) is 3. The van der Waals surface area contributed by atoms with Gasteiger partial charge in [-0.05, 0) is 54.4 Å². The highest BCUT2D eigenvalue weighted by atomic mass is 79.9. The number of benzene rings is 3. The van der Waals surface area contributed by atoms with E-state index in [4.69, 9.17) is 9.47 Å². The van der Waals surface area contributed by atoms with Crippen LogP contribution in [0.15, 0.2) is 75.7 Å². The van der Waals surface area contributed by atoms with E-state index in [0.717, 1.165) is 37.3 Å². The minimum absolute atomic E-state index is 0.504. The lowest BCUT2D eigenvalue weighted by atomic mass is 10.2. The lowest BCUT2D eigenvalue weighted by Crippen LogP contribution is -2.04. The van der Waals surface area contributed by atoms with Gasteiger partial charge in [0, 0.05) is 21.2 Å². The Morgan fingerprint density at radius 3 is 2.26 bits per heavy atom. The van der Waals surface area contributed by atoms with Crippen molar-refractivity contribution in [3.05, 3.63) is 86.8 Å². The molecule has 0 amide bonds. The Hall–Kier alpha value is -1.98. The average molecular weight is 491 g/mol. The van der Waals surface area contributed by atoms with Crippen LogP contribution in [0.25, 0.3) is 0 Å². The molecule has 27 heavy (non-hydrogen) atoms. The molecule has 0 radical (unpaired) electrons. The number of hydrogen-bond donors (Lipinski definition) is 1. The summed E-state index contributed by atoms with van der Waals surface area (Å²) in [5.41, 5.74) is 3.29. The van der Waals surface area contributed by atoms with Gasteiger partial charge in [-0.3, -0.25) is 0 Å². The maximum Gasteiger partial charge on any atom is 0.162 e. The van der Waals surface area contributed by atoms with Crippen molar-refractivity contribution in [2.24, 2.45) is 0 Å². The van der Waals surface area contributed by atoms with Gasteiger partial charge in [0.2, 0.25) is 0 Å². The third-order valence-electron chi connectivity index (χ3n) is 3.98. The summed E-state index contributed by atoms with van der Waals surface area (Å²) in [6, 6.07) is 22.2. The first-order valence-electron chi connectivity index (χ1n) is 8.77. The zero-order valence-corrected chi connectivity index (χ0v) is 18.2. The maximum absolute atomic E-state index is 6.01. The normalized spacial score (nSPS) is 10.5. The van der Waals surface area contributed by atoms with Gasteiger partial charge in [-0.2, -0.15) is 0 Å². The molecule has 0 unspecified atom stereocenters. The van der Waals surface area contributed by atoms with Gasteiger partial charge in [0.15, 0.2) is 11.5 Å². The zero-order valence-electron chi connectivity index (χ0n) is 15.0. The molecule has 0 saturated heterocycles. The van der Waals surface area contributed by atoms with Crippen LogP contribution in [-0.4, -0.2) is 6.61 Å². The molecule has 140 valence electrons. The van der Waals surface area contributed by atoms with E-state index in [1.165, 1.54) is 0 Å². The highest BCUT2D eigenvalue weighted by Crippen LogP contribution is 2.35. The van der Waals surface area contributed by atoms with Crippen LogP contribution in [0.3, 0.4) is 0 Å². The minimum atomic E-state index is 0.504. The van der Waals surface area contributed by atoms with Crippen molar-refractivity contribution < 1.29 is 9.47 Å². The van der Waals surface area contributed by atoms with Gasteiger partial charge in [-0.15, -0.1) is 0 Å². The van der Waals surface area contributed by atoms with Crippen molar-refractivity contribution >= 4 is 37.5 Å². The molecule has 0 aliphatic carbocycles. The largest absolute Gasteiger partial charge is 0.490 e. The molecule has 5 heteroatoms. The molecule has 0 aliphatic heterocycles. The van der Waals surface area contributed by atoms with Crippen molar-refractivity contribution in [2.75, 3.05) is 11.9 Å². The Balaban J connectivity index is 1.73. The van der Waals surface area contributed by atoms with Gasteiger partial charge in [0.1, 0.15) is 6.61 Å². The van der Waals surface area contributed by atoms with Crippen molar-refractivity contribution in [2.45, 2.75) is 20.1 Å². The van der Waals surface area contributed by atoms with Gasteiger partial charge in [0.05, 0.1) is 6.61 Å². The standard InChI is InChI=1S/C22H21Br2NO2/c1-2-26-21-12-17(14-25-19-10-8-18(23)9-11-19)20(24)13-22(21)27-15-16-6-4-3-5-7-16/h3-13,25H,2,14-15H2,1H3. The quantitative estimate of drug-likeness (QED) is 0.376. The molecule has 3 nitrogen and oxygen atoms in total. The second-order valence-corrected chi connectivity index (χ2v) is 7.73. The Labute approximate surface area is 177 Å². The highest BCUT2D eigenvalue weighted by molar-refractivity contribution is 9.10. The topological polar surface area (TPSA) is 30.5 Å². The maximum atomic E-state index is 6.01. The fourth-order valence-electron chi connectivity index (χ4n) is 2.59.